The average molecular weight is 504 g/mol. The lowest BCUT2D eigenvalue weighted by molar-refractivity contribution is 0.0606. The fourth-order valence-corrected chi connectivity index (χ4v) is 4.55. The van der Waals surface area contributed by atoms with Crippen LogP contribution in [0, 0.1) is 0 Å². The van der Waals surface area contributed by atoms with E-state index in [1.807, 2.05) is 43.3 Å². The monoisotopic (exact) mass is 503 g/mol. The summed E-state index contributed by atoms with van der Waals surface area (Å²) in [6.45, 7) is 0.654. The Hall–Kier alpha value is -4.36. The van der Waals surface area contributed by atoms with Gasteiger partial charge in [-0.2, -0.15) is 9.78 Å². The minimum atomic E-state index is -0.332. The van der Waals surface area contributed by atoms with Crippen molar-refractivity contribution in [3.8, 4) is 17.4 Å². The van der Waals surface area contributed by atoms with E-state index in [0.717, 1.165) is 11.4 Å². The second-order valence-electron chi connectivity index (χ2n) is 9.03. The van der Waals surface area contributed by atoms with E-state index in [1.165, 1.54) is 6.33 Å². The highest BCUT2D eigenvalue weighted by atomic mass is 16.6. The number of hydrogen-bond donors (Lipinski definition) is 1. The van der Waals surface area contributed by atoms with Crippen LogP contribution < -0.4 is 15.0 Å². The Labute approximate surface area is 211 Å². The average Bonchev–Trinajstić information content (AvgIpc) is 3.71. The Morgan fingerprint density at radius 2 is 1.84 bits per heavy atom. The summed E-state index contributed by atoms with van der Waals surface area (Å²) in [5, 5.41) is 19.1. The van der Waals surface area contributed by atoms with Crippen LogP contribution >= 0.6 is 0 Å². The van der Waals surface area contributed by atoms with E-state index in [4.69, 9.17) is 14.2 Å². The van der Waals surface area contributed by atoms with Crippen LogP contribution in [0.5, 0.6) is 11.8 Å². The molecule has 0 aliphatic carbocycles. The van der Waals surface area contributed by atoms with Crippen molar-refractivity contribution in [1.29, 1.82) is 0 Å². The summed E-state index contributed by atoms with van der Waals surface area (Å²) < 4.78 is 21.3. The van der Waals surface area contributed by atoms with Crippen LogP contribution in [0.3, 0.4) is 0 Å². The molecule has 2 aromatic heterocycles. The maximum atomic E-state index is 12.8. The Kier molecular flexibility index (Phi) is 5.98. The fourth-order valence-electron chi connectivity index (χ4n) is 4.55. The maximum absolute atomic E-state index is 12.8. The number of amides is 1. The normalized spacial score (nSPS) is 22.5. The lowest BCUT2D eigenvalue weighted by Gasteiger charge is -2.18. The lowest BCUT2D eigenvalue weighted by atomic mass is 10.1. The molecular formula is C24H25N9O4. The van der Waals surface area contributed by atoms with Crippen LogP contribution in [-0.2, 0) is 9.47 Å². The summed E-state index contributed by atoms with van der Waals surface area (Å²) in [6.07, 6.45) is 2.43. The lowest BCUT2D eigenvalue weighted by Crippen LogP contribution is -2.44. The molecule has 4 heterocycles. The number of carbonyl (C=O) groups excluding carboxylic acids is 1. The van der Waals surface area contributed by atoms with E-state index in [9.17, 15) is 4.79 Å². The summed E-state index contributed by atoms with van der Waals surface area (Å²) in [5.41, 5.74) is 2.44. The summed E-state index contributed by atoms with van der Waals surface area (Å²) >= 11 is 0. The number of nitrogens with zero attached hydrogens (tertiary/aromatic N) is 8. The molecule has 190 valence electrons. The van der Waals surface area contributed by atoms with Crippen LogP contribution in [0.15, 0.2) is 61.2 Å². The van der Waals surface area contributed by atoms with Gasteiger partial charge < -0.3 is 24.4 Å². The van der Waals surface area contributed by atoms with Gasteiger partial charge in [0.05, 0.1) is 24.9 Å². The molecule has 0 bridgehead atoms. The molecule has 2 aliphatic heterocycles. The molecule has 0 spiro atoms. The van der Waals surface area contributed by atoms with Crippen molar-refractivity contribution in [2.45, 2.75) is 24.3 Å². The predicted octanol–water partition coefficient (Wildman–Crippen LogP) is 1.25. The number of nitrogens with one attached hydrogen (secondary N) is 1. The van der Waals surface area contributed by atoms with Gasteiger partial charge in [0.1, 0.15) is 36.7 Å². The van der Waals surface area contributed by atoms with Crippen LogP contribution in [0.1, 0.15) is 16.4 Å². The second-order valence-corrected chi connectivity index (χ2v) is 9.03. The first-order valence-electron chi connectivity index (χ1n) is 11.8. The van der Waals surface area contributed by atoms with E-state index in [2.05, 4.69) is 30.9 Å². The third-order valence-corrected chi connectivity index (χ3v) is 6.50. The summed E-state index contributed by atoms with van der Waals surface area (Å²) in [5.74, 6) is 0.389. The minimum absolute atomic E-state index is 0.174. The van der Waals surface area contributed by atoms with E-state index in [0.29, 0.717) is 24.5 Å². The number of rotatable bonds is 7. The van der Waals surface area contributed by atoms with Gasteiger partial charge >= 0.3 is 6.01 Å². The zero-order chi connectivity index (χ0) is 25.4. The number of anilines is 1. The zero-order valence-electron chi connectivity index (χ0n) is 20.2. The Morgan fingerprint density at radius 1 is 1.05 bits per heavy atom. The van der Waals surface area contributed by atoms with Crippen LogP contribution in [0.25, 0.3) is 5.69 Å². The standard InChI is InChI=1S/C24H25N9O4/c1-31(2)16-5-3-15(4-6-16)23(34)27-19-11-35-22-20(12-36-21(19)22)33-24(28-29-30-33)37-18-9-7-17(8-10-18)32-14-25-13-26-32/h3-10,13-14,19-22H,11-12H2,1-2H3,(H,27,34). The van der Waals surface area contributed by atoms with E-state index >= 15 is 0 Å². The number of fused-ring (bicyclic) bond motifs is 1. The Bertz CT molecular complexity index is 1360. The minimum Gasteiger partial charge on any atom is -0.423 e. The third kappa shape index (κ3) is 4.49. The molecule has 13 nitrogen and oxygen atoms in total. The Balaban J connectivity index is 1.11. The van der Waals surface area contributed by atoms with Gasteiger partial charge in [0.2, 0.25) is 0 Å². The molecule has 6 rings (SSSR count). The molecule has 4 atom stereocenters. The smallest absolute Gasteiger partial charge is 0.341 e. The number of carbonyl (C=O) groups is 1. The molecule has 2 aromatic carbocycles. The van der Waals surface area contributed by atoms with E-state index in [-0.39, 0.29) is 36.2 Å². The van der Waals surface area contributed by atoms with Crippen molar-refractivity contribution in [3.63, 3.8) is 0 Å². The molecule has 2 fully saturated rings. The highest BCUT2D eigenvalue weighted by Crippen LogP contribution is 2.36. The number of tetrazole rings is 1. The first-order valence-corrected chi connectivity index (χ1v) is 11.8. The van der Waals surface area contributed by atoms with Crippen molar-refractivity contribution < 1.29 is 19.0 Å². The molecule has 1 N–H and O–H groups in total. The Morgan fingerprint density at radius 3 is 2.57 bits per heavy atom. The zero-order valence-corrected chi connectivity index (χ0v) is 20.2. The van der Waals surface area contributed by atoms with Gasteiger partial charge in [-0.1, -0.05) is 5.10 Å². The SMILES string of the molecule is CN(C)c1ccc(C(=O)NC2COC3C2OCC3n2nnnc2Oc2ccc(-n3cncn3)cc2)cc1. The highest BCUT2D eigenvalue weighted by molar-refractivity contribution is 5.94. The first kappa shape index (κ1) is 23.1. The van der Waals surface area contributed by atoms with Gasteiger partial charge in [-0.05, 0) is 59.0 Å². The van der Waals surface area contributed by atoms with Crippen molar-refractivity contribution >= 4 is 11.6 Å². The molecule has 2 aliphatic rings. The summed E-state index contributed by atoms with van der Waals surface area (Å²) in [6, 6.07) is 14.4. The van der Waals surface area contributed by atoms with Gasteiger partial charge in [-0.15, -0.1) is 0 Å². The third-order valence-electron chi connectivity index (χ3n) is 6.50. The first-order chi connectivity index (χ1) is 18.1. The molecule has 4 unspecified atom stereocenters. The predicted molar refractivity (Wildman–Crippen MR) is 130 cm³/mol. The van der Waals surface area contributed by atoms with Crippen molar-refractivity contribution in [3.05, 3.63) is 66.7 Å². The number of aromatic nitrogens is 7. The molecule has 0 radical (unpaired) electrons. The summed E-state index contributed by atoms with van der Waals surface area (Å²) in [4.78, 5) is 18.8. The molecule has 4 aromatic rings. The van der Waals surface area contributed by atoms with Crippen LogP contribution in [-0.4, -0.2) is 86.4 Å². The largest absolute Gasteiger partial charge is 0.423 e. The van der Waals surface area contributed by atoms with Gasteiger partial charge in [0, 0.05) is 25.3 Å². The summed E-state index contributed by atoms with van der Waals surface area (Å²) in [7, 11) is 3.91. The molecule has 37 heavy (non-hydrogen) atoms. The topological polar surface area (TPSA) is 134 Å². The van der Waals surface area contributed by atoms with Gasteiger partial charge in [-0.3, -0.25) is 4.79 Å². The van der Waals surface area contributed by atoms with Crippen molar-refractivity contribution in [2.75, 3.05) is 32.2 Å². The molecule has 2 saturated heterocycles. The number of hydrogen-bond acceptors (Lipinski definition) is 10. The van der Waals surface area contributed by atoms with Crippen molar-refractivity contribution in [1.82, 2.24) is 40.3 Å². The maximum Gasteiger partial charge on any atom is 0.341 e. The van der Waals surface area contributed by atoms with Gasteiger partial charge in [0.25, 0.3) is 5.91 Å². The molecule has 13 heteroatoms. The van der Waals surface area contributed by atoms with Crippen LogP contribution in [0.2, 0.25) is 0 Å². The highest BCUT2D eigenvalue weighted by Gasteiger charge is 2.50. The van der Waals surface area contributed by atoms with Gasteiger partial charge in [0.15, 0.2) is 0 Å². The fraction of sp³-hybridized carbons (Fsp3) is 0.333. The number of ether oxygens (including phenoxy) is 3. The van der Waals surface area contributed by atoms with E-state index in [1.54, 1.807) is 40.0 Å². The second kappa shape index (κ2) is 9.59. The van der Waals surface area contributed by atoms with Crippen LogP contribution in [0.4, 0.5) is 5.69 Å². The van der Waals surface area contributed by atoms with E-state index < -0.39 is 0 Å². The number of benzene rings is 2. The quantitative estimate of drug-likeness (QED) is 0.393. The molecule has 0 saturated carbocycles. The van der Waals surface area contributed by atoms with Crippen molar-refractivity contribution in [2.24, 2.45) is 0 Å². The van der Waals surface area contributed by atoms with Gasteiger partial charge in [-0.25, -0.2) is 9.67 Å². The molecular weight excluding hydrogens is 478 g/mol. The molecule has 1 amide bonds.